The summed E-state index contributed by atoms with van der Waals surface area (Å²) in [4.78, 5) is 11.8. The van der Waals surface area contributed by atoms with Crippen molar-refractivity contribution >= 4 is 21.7 Å². The lowest BCUT2D eigenvalue weighted by Gasteiger charge is -2.39. The molecule has 0 amide bonds. The fourth-order valence-corrected chi connectivity index (χ4v) is 6.56. The zero-order valence-corrected chi connectivity index (χ0v) is 18.6. The molecule has 7 nitrogen and oxygen atoms in total. The molecule has 1 aliphatic carbocycles. The molecule has 2 aliphatic heterocycles. The second-order valence-electron chi connectivity index (χ2n) is 8.55. The topological polar surface area (TPSA) is 98.8 Å². The molecule has 1 N–H and O–H groups in total. The number of benzene rings is 2. The van der Waals surface area contributed by atoms with Crippen molar-refractivity contribution in [1.29, 1.82) is 0 Å². The van der Waals surface area contributed by atoms with E-state index in [0.717, 1.165) is 23.2 Å². The first-order chi connectivity index (χ1) is 15.4. The number of nitrogens with one attached hydrogen (secondary N) is 1. The van der Waals surface area contributed by atoms with Crippen molar-refractivity contribution in [1.82, 2.24) is 4.31 Å². The first-order valence-corrected chi connectivity index (χ1v) is 12.3. The average molecular weight is 454 g/mol. The zero-order valence-electron chi connectivity index (χ0n) is 17.8. The third kappa shape index (κ3) is 3.43. The molecule has 0 radical (unpaired) electrons. The molecule has 0 spiro atoms. The minimum atomic E-state index is -3.55. The quantitative estimate of drug-likeness (QED) is 0.713. The van der Waals surface area contributed by atoms with Crippen LogP contribution in [0, 0.1) is 12.8 Å². The molecule has 0 unspecified atom stereocenters. The number of carboxylic acids is 1. The second kappa shape index (κ2) is 8.03. The summed E-state index contributed by atoms with van der Waals surface area (Å²) >= 11 is 0. The van der Waals surface area contributed by atoms with Crippen LogP contribution in [0.25, 0.3) is 0 Å². The number of morpholine rings is 1. The molecule has 168 valence electrons. The highest BCUT2D eigenvalue weighted by molar-refractivity contribution is 7.89. The van der Waals surface area contributed by atoms with E-state index in [9.17, 15) is 18.3 Å². The number of aromatic carboxylic acids is 1. The molecular weight excluding hydrogens is 428 g/mol. The van der Waals surface area contributed by atoms with Gasteiger partial charge in [-0.1, -0.05) is 36.4 Å². The maximum Gasteiger partial charge on any atom is 0.243 e. The summed E-state index contributed by atoms with van der Waals surface area (Å²) in [5.41, 5.74) is 3.75. The fraction of sp³-hybridized carbons (Fsp3) is 0.375. The number of fused-ring (bicyclic) bond motifs is 3. The Kier molecular flexibility index (Phi) is 5.31. The summed E-state index contributed by atoms with van der Waals surface area (Å²) in [6.45, 7) is 3.34. The Labute approximate surface area is 187 Å². The van der Waals surface area contributed by atoms with Crippen LogP contribution < -0.4 is 10.4 Å². The molecule has 2 heterocycles. The molecule has 2 aromatic carbocycles. The molecule has 8 heteroatoms. The maximum atomic E-state index is 13.0. The van der Waals surface area contributed by atoms with Crippen LogP contribution in [-0.2, 0) is 14.8 Å². The van der Waals surface area contributed by atoms with E-state index < -0.39 is 16.0 Å². The number of anilines is 1. The van der Waals surface area contributed by atoms with Crippen molar-refractivity contribution in [3.8, 4) is 0 Å². The van der Waals surface area contributed by atoms with E-state index in [1.54, 1.807) is 25.1 Å². The molecule has 3 atom stereocenters. The number of carboxylic acid groups (broad SMARTS) is 1. The average Bonchev–Trinajstić information content (AvgIpc) is 3.30. The molecule has 0 saturated carbocycles. The summed E-state index contributed by atoms with van der Waals surface area (Å²) in [6, 6.07) is 10.5. The van der Waals surface area contributed by atoms with E-state index in [1.807, 2.05) is 18.2 Å². The van der Waals surface area contributed by atoms with Crippen LogP contribution in [0.4, 0.5) is 5.69 Å². The van der Waals surface area contributed by atoms with Gasteiger partial charge < -0.3 is 20.0 Å². The van der Waals surface area contributed by atoms with E-state index >= 15 is 0 Å². The SMILES string of the molecule is Cc1c(C(=O)[O-])ccc2c1N[C@H](c1ccc(S(=O)(=O)N3CCOCC3)cc1)[C@H]1CC=C[C@@H]21. The Bertz CT molecular complexity index is 1180. The molecule has 3 aliphatic rings. The lowest BCUT2D eigenvalue weighted by Crippen LogP contribution is -2.40. The summed E-state index contributed by atoms with van der Waals surface area (Å²) in [5.74, 6) is -0.731. The number of ether oxygens (including phenoxy) is 1. The van der Waals surface area contributed by atoms with Gasteiger partial charge in [-0.2, -0.15) is 4.31 Å². The van der Waals surface area contributed by atoms with Gasteiger partial charge in [-0.05, 0) is 48.1 Å². The molecule has 1 fully saturated rings. The molecule has 0 bridgehead atoms. The Morgan fingerprint density at radius 3 is 2.53 bits per heavy atom. The van der Waals surface area contributed by atoms with Gasteiger partial charge in [0.25, 0.3) is 0 Å². The van der Waals surface area contributed by atoms with Gasteiger partial charge in [0.05, 0.1) is 30.1 Å². The van der Waals surface area contributed by atoms with E-state index in [4.69, 9.17) is 4.74 Å². The Hall–Kier alpha value is -2.68. The van der Waals surface area contributed by atoms with Gasteiger partial charge in [0.15, 0.2) is 0 Å². The standard InChI is InChI=1S/C24H26N2O5S/c1-15-18(24(27)28)9-10-21-19-3-2-4-20(19)23(25-22(15)21)16-5-7-17(8-6-16)32(29,30)26-11-13-31-14-12-26/h2-3,5-10,19-20,23,25H,4,11-14H2,1H3,(H,27,28)/p-1/t19-,20+,23-/m1/s1. The van der Waals surface area contributed by atoms with Crippen LogP contribution in [-0.4, -0.2) is 45.0 Å². The number of sulfonamides is 1. The van der Waals surface area contributed by atoms with Crippen LogP contribution in [0.1, 0.15) is 45.4 Å². The summed E-state index contributed by atoms with van der Waals surface area (Å²) in [7, 11) is -3.55. The summed E-state index contributed by atoms with van der Waals surface area (Å²) in [6.07, 6.45) is 5.25. The second-order valence-corrected chi connectivity index (χ2v) is 10.5. The van der Waals surface area contributed by atoms with Gasteiger partial charge in [0.2, 0.25) is 10.0 Å². The van der Waals surface area contributed by atoms with Crippen LogP contribution in [0.3, 0.4) is 0 Å². The van der Waals surface area contributed by atoms with Crippen LogP contribution in [0.5, 0.6) is 0 Å². The van der Waals surface area contributed by atoms with Gasteiger partial charge in [-0.15, -0.1) is 0 Å². The molecule has 0 aromatic heterocycles. The van der Waals surface area contributed by atoms with Crippen molar-refractivity contribution in [3.63, 3.8) is 0 Å². The number of hydrogen-bond acceptors (Lipinski definition) is 6. The van der Waals surface area contributed by atoms with Crippen LogP contribution in [0.15, 0.2) is 53.4 Å². The minimum absolute atomic E-state index is 0.0571. The van der Waals surface area contributed by atoms with Crippen molar-refractivity contribution in [2.24, 2.45) is 5.92 Å². The van der Waals surface area contributed by atoms with Gasteiger partial charge in [0.1, 0.15) is 0 Å². The highest BCUT2D eigenvalue weighted by Crippen LogP contribution is 2.51. The Morgan fingerprint density at radius 1 is 1.12 bits per heavy atom. The number of nitrogens with zero attached hydrogens (tertiary/aromatic N) is 1. The maximum absolute atomic E-state index is 13.0. The zero-order chi connectivity index (χ0) is 22.5. The smallest absolute Gasteiger partial charge is 0.243 e. The van der Waals surface area contributed by atoms with Crippen molar-refractivity contribution in [2.45, 2.75) is 30.2 Å². The van der Waals surface area contributed by atoms with Crippen LogP contribution in [0.2, 0.25) is 0 Å². The highest BCUT2D eigenvalue weighted by Gasteiger charge is 2.39. The number of rotatable bonds is 4. The summed E-state index contributed by atoms with van der Waals surface area (Å²) in [5, 5.41) is 15.1. The van der Waals surface area contributed by atoms with E-state index in [1.165, 1.54) is 4.31 Å². The number of allylic oxidation sites excluding steroid dienone is 2. The normalized spacial score (nSPS) is 25.1. The van der Waals surface area contributed by atoms with E-state index in [-0.39, 0.29) is 28.3 Å². The lowest BCUT2D eigenvalue weighted by molar-refractivity contribution is -0.255. The number of hydrogen-bond donors (Lipinski definition) is 1. The van der Waals surface area contributed by atoms with Gasteiger partial charge in [-0.3, -0.25) is 0 Å². The Balaban J connectivity index is 1.48. The van der Waals surface area contributed by atoms with E-state index in [2.05, 4.69) is 17.5 Å². The van der Waals surface area contributed by atoms with Crippen LogP contribution >= 0.6 is 0 Å². The van der Waals surface area contributed by atoms with Crippen molar-refractivity contribution in [2.75, 3.05) is 31.6 Å². The predicted octanol–water partition coefficient (Wildman–Crippen LogP) is 2.21. The van der Waals surface area contributed by atoms with Gasteiger partial charge >= 0.3 is 0 Å². The van der Waals surface area contributed by atoms with E-state index in [0.29, 0.717) is 31.9 Å². The molecular formula is C24H25N2O5S-. The van der Waals surface area contributed by atoms with Gasteiger partial charge in [0, 0.05) is 30.3 Å². The number of carbonyl (C=O) groups excluding carboxylic acids is 1. The lowest BCUT2D eigenvalue weighted by atomic mass is 9.76. The predicted molar refractivity (Wildman–Crippen MR) is 118 cm³/mol. The first-order valence-electron chi connectivity index (χ1n) is 10.8. The molecule has 32 heavy (non-hydrogen) atoms. The highest BCUT2D eigenvalue weighted by atomic mass is 32.2. The third-order valence-electron chi connectivity index (χ3n) is 6.86. The van der Waals surface area contributed by atoms with Crippen molar-refractivity contribution < 1.29 is 23.1 Å². The first kappa shape index (κ1) is 21.2. The van der Waals surface area contributed by atoms with Crippen molar-refractivity contribution in [3.05, 3.63) is 70.8 Å². The fourth-order valence-electron chi connectivity index (χ4n) is 5.15. The molecule has 5 rings (SSSR count). The largest absolute Gasteiger partial charge is 0.545 e. The molecule has 1 saturated heterocycles. The minimum Gasteiger partial charge on any atom is -0.545 e. The van der Waals surface area contributed by atoms with Gasteiger partial charge in [-0.25, -0.2) is 8.42 Å². The Morgan fingerprint density at radius 2 is 1.84 bits per heavy atom. The number of carbonyl (C=O) groups is 1. The monoisotopic (exact) mass is 453 g/mol. The molecule has 2 aromatic rings. The summed E-state index contributed by atoms with van der Waals surface area (Å²) < 4.78 is 32.6. The third-order valence-corrected chi connectivity index (χ3v) is 8.78.